The number of benzene rings is 3. The second kappa shape index (κ2) is 14.0. The zero-order valence-corrected chi connectivity index (χ0v) is 20.7. The van der Waals surface area contributed by atoms with Crippen LogP contribution in [0.3, 0.4) is 0 Å². The molecule has 3 rings (SSSR count). The Balaban J connectivity index is 0.000000310. The molecule has 6 nitrogen and oxygen atoms in total. The lowest BCUT2D eigenvalue weighted by Gasteiger charge is -2.05. The van der Waals surface area contributed by atoms with Crippen LogP contribution in [0.4, 0.5) is 0 Å². The maximum atomic E-state index is 12.0. The van der Waals surface area contributed by atoms with E-state index in [4.69, 9.17) is 23.2 Å². The van der Waals surface area contributed by atoms with E-state index in [1.165, 1.54) is 0 Å². The van der Waals surface area contributed by atoms with Crippen LogP contribution in [0.2, 0.25) is 10.0 Å². The van der Waals surface area contributed by atoms with Crippen molar-refractivity contribution in [3.63, 3.8) is 0 Å². The average Bonchev–Trinajstić information content (AvgIpc) is 2.79. The van der Waals surface area contributed by atoms with Gasteiger partial charge in [0.1, 0.15) is 0 Å². The molecule has 34 heavy (non-hydrogen) atoms. The number of quaternary nitrogens is 1. The van der Waals surface area contributed by atoms with Crippen LogP contribution < -0.4 is 5.32 Å². The zero-order chi connectivity index (χ0) is 25.0. The number of carbonyl (C=O) groups is 2. The number of carbonyl (C=O) groups excluding carboxylic acids is 2. The van der Waals surface area contributed by atoms with Crippen LogP contribution in [-0.2, 0) is 15.9 Å². The topological polar surface area (TPSA) is 108 Å². The van der Waals surface area contributed by atoms with Gasteiger partial charge in [0.2, 0.25) is 0 Å². The molecule has 0 atom stereocenters. The van der Waals surface area contributed by atoms with E-state index in [-0.39, 0.29) is 11.6 Å². The molecule has 0 aliphatic rings. The molecular formula is C25H25Cl2NO5S. The van der Waals surface area contributed by atoms with E-state index in [2.05, 4.69) is 0 Å². The van der Waals surface area contributed by atoms with E-state index in [0.29, 0.717) is 52.7 Å². The van der Waals surface area contributed by atoms with Gasteiger partial charge in [0, 0.05) is 21.2 Å². The predicted octanol–water partition coefficient (Wildman–Crippen LogP) is 4.13. The molecule has 180 valence electrons. The third-order valence-corrected chi connectivity index (χ3v) is 5.86. The molecule has 3 aromatic carbocycles. The smallest absolute Gasteiger partial charge is 0.168 e. The summed E-state index contributed by atoms with van der Waals surface area (Å²) in [7, 11) is -4.13. The molecule has 0 aromatic heterocycles. The number of hydrogen-bond acceptors (Lipinski definition) is 5. The molecule has 2 N–H and O–H groups in total. The van der Waals surface area contributed by atoms with Crippen molar-refractivity contribution >= 4 is 44.9 Å². The van der Waals surface area contributed by atoms with Gasteiger partial charge in [-0.05, 0) is 54.1 Å². The Labute approximate surface area is 209 Å². The summed E-state index contributed by atoms with van der Waals surface area (Å²) in [5.41, 5.74) is 1.86. The van der Waals surface area contributed by atoms with E-state index >= 15 is 0 Å². The van der Waals surface area contributed by atoms with E-state index < -0.39 is 15.9 Å². The number of hydrogen-bond donors (Lipinski definition) is 1. The molecule has 3 aromatic rings. The largest absolute Gasteiger partial charge is 0.748 e. The first-order valence-corrected chi connectivity index (χ1v) is 12.8. The highest BCUT2D eigenvalue weighted by atomic mass is 35.5. The van der Waals surface area contributed by atoms with Gasteiger partial charge < -0.3 is 9.87 Å². The van der Waals surface area contributed by atoms with Crippen molar-refractivity contribution in [1.82, 2.24) is 0 Å². The number of Topliss-reactive ketones (excluding diaryl/α,β-unsaturated/α-hetero) is 2. The lowest BCUT2D eigenvalue weighted by atomic mass is 10.1. The van der Waals surface area contributed by atoms with E-state index in [0.717, 1.165) is 0 Å². The van der Waals surface area contributed by atoms with Gasteiger partial charge >= 0.3 is 0 Å². The molecule has 0 aliphatic heterocycles. The van der Waals surface area contributed by atoms with E-state index in [1.54, 1.807) is 78.9 Å². The van der Waals surface area contributed by atoms with Gasteiger partial charge in [0.15, 0.2) is 11.6 Å². The van der Waals surface area contributed by atoms with Crippen LogP contribution in [-0.4, -0.2) is 37.6 Å². The molecule has 0 amide bonds. The molecule has 0 saturated carbocycles. The van der Waals surface area contributed by atoms with Crippen LogP contribution in [0.5, 0.6) is 0 Å². The Morgan fingerprint density at radius 3 is 1.50 bits per heavy atom. The van der Waals surface area contributed by atoms with E-state index in [1.807, 2.05) is 5.32 Å². The zero-order valence-electron chi connectivity index (χ0n) is 18.3. The number of ketones is 2. The third-order valence-electron chi connectivity index (χ3n) is 4.67. The summed E-state index contributed by atoms with van der Waals surface area (Å²) in [6.45, 7) is 1.32. The van der Waals surface area contributed by atoms with Crippen LogP contribution in [0.25, 0.3) is 0 Å². The summed E-state index contributed by atoms with van der Waals surface area (Å²) in [4.78, 5) is 23.9. The molecule has 0 unspecified atom stereocenters. The van der Waals surface area contributed by atoms with Crippen molar-refractivity contribution < 1.29 is 27.9 Å². The van der Waals surface area contributed by atoms with Gasteiger partial charge in [0.25, 0.3) is 0 Å². The predicted molar refractivity (Wildman–Crippen MR) is 132 cm³/mol. The summed E-state index contributed by atoms with van der Waals surface area (Å²) >= 11 is 11.6. The molecule has 0 heterocycles. The van der Waals surface area contributed by atoms with Crippen molar-refractivity contribution in [1.29, 1.82) is 0 Å². The van der Waals surface area contributed by atoms with Gasteiger partial charge in [-0.15, -0.1) is 0 Å². The van der Waals surface area contributed by atoms with Crippen LogP contribution >= 0.6 is 23.2 Å². The van der Waals surface area contributed by atoms with Crippen molar-refractivity contribution in [2.45, 2.75) is 18.6 Å². The Bertz CT molecular complexity index is 1110. The SMILES string of the molecule is O=C(CC[NH2+]CCC(=O)c1ccc(Cl)cc1)c1ccc(Cl)cc1.O=S(=O)([O-])Cc1ccccc1. The third kappa shape index (κ3) is 11.0. The quantitative estimate of drug-likeness (QED) is 0.245. The molecule has 0 bridgehead atoms. The summed E-state index contributed by atoms with van der Waals surface area (Å²) < 4.78 is 30.7. The van der Waals surface area contributed by atoms with Crippen LogP contribution in [0, 0.1) is 0 Å². The van der Waals surface area contributed by atoms with Crippen molar-refractivity contribution in [2.24, 2.45) is 0 Å². The lowest BCUT2D eigenvalue weighted by molar-refractivity contribution is -0.652. The molecule has 0 saturated heterocycles. The highest BCUT2D eigenvalue weighted by molar-refractivity contribution is 7.84. The van der Waals surface area contributed by atoms with Gasteiger partial charge in [-0.25, -0.2) is 8.42 Å². The maximum absolute atomic E-state index is 12.0. The second-order valence-corrected chi connectivity index (χ2v) is 9.69. The van der Waals surface area contributed by atoms with Gasteiger partial charge in [-0.3, -0.25) is 9.59 Å². The second-order valence-electron chi connectivity index (χ2n) is 7.41. The number of rotatable bonds is 10. The highest BCUT2D eigenvalue weighted by Crippen LogP contribution is 2.11. The fourth-order valence-corrected chi connectivity index (χ4v) is 3.80. The van der Waals surface area contributed by atoms with Crippen LogP contribution in [0.15, 0.2) is 78.9 Å². The molecule has 0 fully saturated rings. The van der Waals surface area contributed by atoms with Crippen molar-refractivity contribution in [2.75, 3.05) is 13.1 Å². The molecular weight excluding hydrogens is 497 g/mol. The number of nitrogens with two attached hydrogens (primary N) is 1. The summed E-state index contributed by atoms with van der Waals surface area (Å²) in [5.74, 6) is -0.253. The fourth-order valence-electron chi connectivity index (χ4n) is 2.95. The van der Waals surface area contributed by atoms with Crippen molar-refractivity contribution in [3.8, 4) is 0 Å². The van der Waals surface area contributed by atoms with Crippen LogP contribution in [0.1, 0.15) is 39.1 Å². The monoisotopic (exact) mass is 521 g/mol. The molecule has 0 spiro atoms. The minimum Gasteiger partial charge on any atom is -0.748 e. The Hall–Kier alpha value is -2.55. The standard InChI is InChI=1S/C18H17Cl2NO2.C7H8O3S/c19-15-5-1-13(2-6-15)17(22)9-11-21-12-10-18(23)14-3-7-16(20)8-4-14;8-11(9,10)6-7-4-2-1-3-5-7/h1-8,21H,9-12H2;1-5H,6H2,(H,8,9,10). The fraction of sp³-hybridized carbons (Fsp3) is 0.200. The highest BCUT2D eigenvalue weighted by Gasteiger charge is 2.09. The first kappa shape index (κ1) is 27.7. The summed E-state index contributed by atoms with van der Waals surface area (Å²) in [6.07, 6.45) is 0.882. The summed E-state index contributed by atoms with van der Waals surface area (Å²) in [5, 5.41) is 3.23. The van der Waals surface area contributed by atoms with Gasteiger partial charge in [0.05, 0.1) is 41.8 Å². The normalized spacial score (nSPS) is 10.8. The van der Waals surface area contributed by atoms with Gasteiger partial charge in [-0.1, -0.05) is 53.5 Å². The minimum absolute atomic E-state index is 0.0851. The number of halogens is 2. The average molecular weight is 522 g/mol. The maximum Gasteiger partial charge on any atom is 0.168 e. The molecule has 0 radical (unpaired) electrons. The Morgan fingerprint density at radius 1 is 0.706 bits per heavy atom. The minimum atomic E-state index is -4.13. The summed E-state index contributed by atoms with van der Waals surface area (Å²) in [6, 6.07) is 22.1. The Kier molecular flexibility index (Phi) is 11.4. The molecule has 0 aliphatic carbocycles. The first-order chi connectivity index (χ1) is 16.1. The lowest BCUT2D eigenvalue weighted by Crippen LogP contribution is -2.84. The Morgan fingerprint density at radius 2 is 1.12 bits per heavy atom. The first-order valence-electron chi connectivity index (χ1n) is 10.5. The molecule has 9 heteroatoms. The van der Waals surface area contributed by atoms with E-state index in [9.17, 15) is 22.6 Å². The van der Waals surface area contributed by atoms with Gasteiger partial charge in [-0.2, -0.15) is 0 Å². The van der Waals surface area contributed by atoms with Crippen molar-refractivity contribution in [3.05, 3.63) is 106 Å².